The Balaban J connectivity index is 1.56. The number of benzene rings is 3. The molecule has 1 saturated carbocycles. The van der Waals surface area contributed by atoms with Gasteiger partial charge in [-0.2, -0.15) is 0 Å². The summed E-state index contributed by atoms with van der Waals surface area (Å²) in [6.07, 6.45) is 7.44. The van der Waals surface area contributed by atoms with E-state index in [2.05, 4.69) is 18.0 Å². The quantitative estimate of drug-likeness (QED) is 0.0403. The van der Waals surface area contributed by atoms with Crippen molar-refractivity contribution < 1.29 is 48.5 Å². The van der Waals surface area contributed by atoms with Crippen LogP contribution in [0.1, 0.15) is 82.3 Å². The minimum absolute atomic E-state index is 0.0118. The number of nitrogens with one attached hydrogen (secondary N) is 1. The van der Waals surface area contributed by atoms with Crippen molar-refractivity contribution in [3.63, 3.8) is 0 Å². The number of non-ortho nitro benzene ring substituents is 1. The third-order valence-corrected chi connectivity index (χ3v) is 11.8. The Morgan fingerprint density at radius 2 is 1.73 bits per heavy atom. The highest BCUT2D eigenvalue weighted by Crippen LogP contribution is 2.62. The van der Waals surface area contributed by atoms with Crippen LogP contribution in [-0.2, 0) is 16.2 Å². The Morgan fingerprint density at radius 1 is 1.00 bits per heavy atom. The van der Waals surface area contributed by atoms with Gasteiger partial charge in [-0.15, -0.1) is 6.58 Å². The lowest BCUT2D eigenvalue weighted by Gasteiger charge is -2.59. The molecule has 1 heterocycles. The summed E-state index contributed by atoms with van der Waals surface area (Å²) in [5, 5.41) is 38.7. The van der Waals surface area contributed by atoms with Crippen molar-refractivity contribution in [3.05, 3.63) is 118 Å². The molecule has 0 radical (unpaired) electrons. The van der Waals surface area contributed by atoms with Gasteiger partial charge in [0.2, 0.25) is 5.79 Å². The van der Waals surface area contributed by atoms with Crippen LogP contribution in [0.3, 0.4) is 0 Å². The topological polar surface area (TPSA) is 192 Å². The zero-order valence-electron chi connectivity index (χ0n) is 35.5. The van der Waals surface area contributed by atoms with Crippen LogP contribution < -0.4 is 19.5 Å². The second kappa shape index (κ2) is 21.8. The Morgan fingerprint density at radius 3 is 2.40 bits per heavy atom. The van der Waals surface area contributed by atoms with Gasteiger partial charge < -0.3 is 39.3 Å². The normalized spacial score (nSPS) is 22.9. The molecular weight excluding hydrogens is 797 g/mol. The molecule has 15 nitrogen and oxygen atoms in total. The molecule has 0 spiro atoms. The van der Waals surface area contributed by atoms with Crippen LogP contribution in [0.4, 0.5) is 15.3 Å². The molecule has 0 bridgehead atoms. The predicted octanol–water partition coefficient (Wildman–Crippen LogP) is 8.45. The number of fused-ring (bicyclic) bond motifs is 2. The Hall–Kier alpha value is -5.77. The van der Waals surface area contributed by atoms with Gasteiger partial charge in [0.1, 0.15) is 29.9 Å². The molecule has 3 aliphatic rings. The van der Waals surface area contributed by atoms with Crippen molar-refractivity contribution in [1.29, 1.82) is 0 Å². The molecular formula is C47H58N4O11. The lowest BCUT2D eigenvalue weighted by atomic mass is 9.55. The van der Waals surface area contributed by atoms with Crippen LogP contribution in [0.5, 0.6) is 17.2 Å². The van der Waals surface area contributed by atoms with Crippen molar-refractivity contribution in [1.82, 2.24) is 10.2 Å². The van der Waals surface area contributed by atoms with Crippen LogP contribution in [0.15, 0.2) is 102 Å². The molecule has 0 saturated heterocycles. The van der Waals surface area contributed by atoms with E-state index in [0.29, 0.717) is 43.0 Å². The molecule has 0 aromatic heterocycles. The molecule has 2 aliphatic carbocycles. The summed E-state index contributed by atoms with van der Waals surface area (Å²) < 4.78 is 25.9. The molecule has 6 unspecified atom stereocenters. The van der Waals surface area contributed by atoms with Crippen LogP contribution in [0, 0.1) is 27.9 Å². The van der Waals surface area contributed by atoms with Gasteiger partial charge in [0.15, 0.2) is 0 Å². The average Bonchev–Trinajstić information content (AvgIpc) is 3.27. The highest BCUT2D eigenvalue weighted by molar-refractivity contribution is 6.03. The fraction of sp³-hybridized carbons (Fsp3) is 0.468. The molecule has 1 fully saturated rings. The number of amides is 2. The number of oxime groups is 1. The van der Waals surface area contributed by atoms with E-state index in [1.807, 2.05) is 43.3 Å². The first-order valence-corrected chi connectivity index (χ1v) is 21.6. The number of carbonyl (C=O) groups excluding carboxylic acids is 2. The zero-order chi connectivity index (χ0) is 44.1. The largest absolute Gasteiger partial charge is 0.459 e. The van der Waals surface area contributed by atoms with Crippen molar-refractivity contribution in [2.24, 2.45) is 22.9 Å². The first-order valence-electron chi connectivity index (χ1n) is 21.6. The van der Waals surface area contributed by atoms with Crippen LogP contribution in [0.2, 0.25) is 0 Å². The van der Waals surface area contributed by atoms with E-state index in [-0.39, 0.29) is 68.6 Å². The van der Waals surface area contributed by atoms with E-state index in [1.54, 1.807) is 30.0 Å². The molecule has 62 heavy (non-hydrogen) atoms. The standard InChI is InChI=1S/C47H58N4O11/c1-4-24-50(46(55)61-35-20-18-34(19-21-35)51(56)57)42-30-40(49-59-31-32-14-8-7-9-15-32)38-28-33(16-10-12-25-52)37(17-11-13-26-53)43-39-29-36(60-45(54)48-6-3)22-23-41(39)62-47(42,44(38)43)58-27-5-2/h5,7-9,14-15,18-23,28-29,33,37,42-44,52-53H,2,4,6,10-13,16-17,24-27,30-31H2,1,3H3,(H,48,54). The average molecular weight is 855 g/mol. The van der Waals surface area contributed by atoms with E-state index in [1.165, 1.54) is 24.3 Å². The predicted molar refractivity (Wildman–Crippen MR) is 232 cm³/mol. The number of allylic oxidation sites excluding steroid dienone is 1. The molecule has 15 heteroatoms. The number of nitro groups is 1. The number of carbonyl (C=O) groups is 2. The van der Waals surface area contributed by atoms with E-state index in [9.17, 15) is 29.9 Å². The number of aliphatic hydroxyl groups is 2. The van der Waals surface area contributed by atoms with E-state index in [4.69, 9.17) is 28.9 Å². The molecule has 3 N–H and O–H groups in total. The number of aliphatic hydroxyl groups excluding tert-OH is 2. The lowest BCUT2D eigenvalue weighted by molar-refractivity contribution is -0.384. The Kier molecular flexibility index (Phi) is 16.1. The van der Waals surface area contributed by atoms with Gasteiger partial charge >= 0.3 is 12.2 Å². The SMILES string of the molecule is C=CCOC12Oc3ccc(OC(=O)NCC)cc3C3C(CCCCO)C(CCCCO)C=C(C(=NOCc4ccccc4)CC1N(CCC)C(=O)Oc1ccc([N+](=O)[O-])cc1)C32. The number of hydrogen-bond acceptors (Lipinski definition) is 12. The first-order chi connectivity index (χ1) is 30.2. The maximum absolute atomic E-state index is 14.6. The molecule has 3 aromatic carbocycles. The third-order valence-electron chi connectivity index (χ3n) is 11.8. The van der Waals surface area contributed by atoms with Gasteiger partial charge in [-0.25, -0.2) is 9.59 Å². The maximum Gasteiger partial charge on any atom is 0.415 e. The van der Waals surface area contributed by atoms with Gasteiger partial charge in [-0.1, -0.05) is 67.4 Å². The molecule has 2 amide bonds. The van der Waals surface area contributed by atoms with Crippen molar-refractivity contribution in [2.75, 3.05) is 32.9 Å². The van der Waals surface area contributed by atoms with Gasteiger partial charge in [-0.05, 0) is 92.3 Å². The molecule has 6 rings (SSSR count). The van der Waals surface area contributed by atoms with E-state index < -0.39 is 34.9 Å². The minimum Gasteiger partial charge on any atom is -0.459 e. The first kappa shape index (κ1) is 45.7. The second-order valence-corrected chi connectivity index (χ2v) is 15.8. The molecule has 332 valence electrons. The van der Waals surface area contributed by atoms with Gasteiger partial charge in [0, 0.05) is 56.3 Å². The summed E-state index contributed by atoms with van der Waals surface area (Å²) in [6.45, 7) is 8.69. The number of ether oxygens (including phenoxy) is 4. The number of nitro benzene ring substituents is 1. The number of unbranched alkanes of at least 4 members (excludes halogenated alkanes) is 2. The summed E-state index contributed by atoms with van der Waals surface area (Å²) in [4.78, 5) is 46.0. The van der Waals surface area contributed by atoms with Gasteiger partial charge in [0.05, 0.1) is 23.2 Å². The molecule has 6 atom stereocenters. The van der Waals surface area contributed by atoms with Crippen LogP contribution >= 0.6 is 0 Å². The van der Waals surface area contributed by atoms with Gasteiger partial charge in [0.25, 0.3) is 5.69 Å². The zero-order valence-corrected chi connectivity index (χ0v) is 35.5. The molecule has 3 aromatic rings. The summed E-state index contributed by atoms with van der Waals surface area (Å²) in [6, 6.07) is 19.4. The van der Waals surface area contributed by atoms with E-state index >= 15 is 0 Å². The van der Waals surface area contributed by atoms with Crippen molar-refractivity contribution in [3.8, 4) is 17.2 Å². The van der Waals surface area contributed by atoms with E-state index in [0.717, 1.165) is 42.4 Å². The molecule has 1 aliphatic heterocycles. The maximum atomic E-state index is 14.6. The minimum atomic E-state index is -1.55. The summed E-state index contributed by atoms with van der Waals surface area (Å²) in [5.41, 5.74) is 3.02. The third kappa shape index (κ3) is 10.5. The van der Waals surface area contributed by atoms with Crippen molar-refractivity contribution >= 4 is 23.6 Å². The highest BCUT2D eigenvalue weighted by atomic mass is 16.7. The summed E-state index contributed by atoms with van der Waals surface area (Å²) >= 11 is 0. The van der Waals surface area contributed by atoms with Crippen LogP contribution in [-0.4, -0.2) is 82.7 Å². The summed E-state index contributed by atoms with van der Waals surface area (Å²) in [5.74, 6) is -1.63. The van der Waals surface area contributed by atoms with Crippen molar-refractivity contribution in [2.45, 2.75) is 89.6 Å². The lowest BCUT2D eigenvalue weighted by Crippen LogP contribution is -2.70. The Bertz CT molecular complexity index is 2060. The highest BCUT2D eigenvalue weighted by Gasteiger charge is 2.65. The number of nitrogens with zero attached hydrogens (tertiary/aromatic N) is 3. The Labute approximate surface area is 362 Å². The van der Waals surface area contributed by atoms with Crippen LogP contribution in [0.25, 0.3) is 0 Å². The summed E-state index contributed by atoms with van der Waals surface area (Å²) in [7, 11) is 0. The number of hydrogen-bond donors (Lipinski definition) is 3. The second-order valence-electron chi connectivity index (χ2n) is 15.8. The monoisotopic (exact) mass is 854 g/mol. The van der Waals surface area contributed by atoms with Gasteiger partial charge in [-0.3, -0.25) is 15.0 Å². The number of rotatable bonds is 21. The smallest absolute Gasteiger partial charge is 0.415 e. The fourth-order valence-electron chi connectivity index (χ4n) is 9.17. The fourth-order valence-corrected chi connectivity index (χ4v) is 9.17.